The Morgan fingerprint density at radius 3 is 2.62 bits per heavy atom. The van der Waals surface area contributed by atoms with Gasteiger partial charge in [-0.3, -0.25) is 0 Å². The molecule has 2 unspecified atom stereocenters. The van der Waals surface area contributed by atoms with Crippen LogP contribution in [0.5, 0.6) is 5.75 Å². The monoisotopic (exact) mass is 312 g/mol. The van der Waals surface area contributed by atoms with E-state index in [0.29, 0.717) is 10.8 Å². The predicted octanol–water partition coefficient (Wildman–Crippen LogP) is 3.99. The molecule has 0 aliphatic rings. The number of benzene rings is 2. The van der Waals surface area contributed by atoms with Crippen LogP contribution in [0.3, 0.4) is 0 Å². The molecule has 0 amide bonds. The van der Waals surface area contributed by atoms with Gasteiger partial charge < -0.3 is 9.84 Å². The SMILES string of the molecule is CC(Oc1cccc(Cl)c1)C(O)Cc1cccc(F)c1F. The normalized spacial score (nSPS) is 13.8. The van der Waals surface area contributed by atoms with E-state index in [-0.39, 0.29) is 12.0 Å². The molecule has 0 aromatic heterocycles. The Morgan fingerprint density at radius 1 is 1.19 bits per heavy atom. The van der Waals surface area contributed by atoms with Gasteiger partial charge in [-0.1, -0.05) is 29.8 Å². The van der Waals surface area contributed by atoms with Crippen molar-refractivity contribution >= 4 is 11.6 Å². The Morgan fingerprint density at radius 2 is 1.90 bits per heavy atom. The molecule has 2 aromatic rings. The highest BCUT2D eigenvalue weighted by molar-refractivity contribution is 6.30. The molecule has 0 radical (unpaired) electrons. The van der Waals surface area contributed by atoms with Crippen LogP contribution in [-0.2, 0) is 6.42 Å². The molecule has 112 valence electrons. The van der Waals surface area contributed by atoms with Gasteiger partial charge in [0.1, 0.15) is 11.9 Å². The van der Waals surface area contributed by atoms with Crippen LogP contribution in [0.15, 0.2) is 42.5 Å². The van der Waals surface area contributed by atoms with Crippen molar-refractivity contribution in [3.05, 3.63) is 64.7 Å². The Balaban J connectivity index is 2.02. The summed E-state index contributed by atoms with van der Waals surface area (Å²) in [5, 5.41) is 10.6. The molecule has 0 spiro atoms. The zero-order valence-electron chi connectivity index (χ0n) is 11.4. The van der Waals surface area contributed by atoms with Gasteiger partial charge in [0.15, 0.2) is 11.6 Å². The maximum Gasteiger partial charge on any atom is 0.162 e. The van der Waals surface area contributed by atoms with Crippen molar-refractivity contribution < 1.29 is 18.6 Å². The zero-order chi connectivity index (χ0) is 15.4. The Bertz CT molecular complexity index is 619. The van der Waals surface area contributed by atoms with E-state index in [2.05, 4.69) is 0 Å². The maximum absolute atomic E-state index is 13.6. The van der Waals surface area contributed by atoms with Crippen LogP contribution in [-0.4, -0.2) is 17.3 Å². The highest BCUT2D eigenvalue weighted by Crippen LogP contribution is 2.20. The summed E-state index contributed by atoms with van der Waals surface area (Å²) in [6, 6.07) is 10.6. The fourth-order valence-electron chi connectivity index (χ4n) is 1.93. The average molecular weight is 313 g/mol. The molecule has 1 N–H and O–H groups in total. The number of hydrogen-bond donors (Lipinski definition) is 1. The zero-order valence-corrected chi connectivity index (χ0v) is 12.1. The lowest BCUT2D eigenvalue weighted by Crippen LogP contribution is -2.31. The molecule has 2 atom stereocenters. The third kappa shape index (κ3) is 4.16. The number of ether oxygens (including phenoxy) is 1. The lowest BCUT2D eigenvalue weighted by molar-refractivity contribution is 0.0472. The van der Waals surface area contributed by atoms with Crippen LogP contribution in [0.4, 0.5) is 8.78 Å². The largest absolute Gasteiger partial charge is 0.488 e. The summed E-state index contributed by atoms with van der Waals surface area (Å²) in [6.45, 7) is 1.66. The second-order valence-corrected chi connectivity index (χ2v) is 5.20. The molecular formula is C16H15ClF2O2. The van der Waals surface area contributed by atoms with E-state index in [1.165, 1.54) is 12.1 Å². The smallest absolute Gasteiger partial charge is 0.162 e. The third-order valence-electron chi connectivity index (χ3n) is 3.12. The van der Waals surface area contributed by atoms with Crippen LogP contribution in [0.2, 0.25) is 5.02 Å². The predicted molar refractivity (Wildman–Crippen MR) is 77.6 cm³/mol. The molecule has 5 heteroatoms. The first kappa shape index (κ1) is 15.7. The van der Waals surface area contributed by atoms with Crippen LogP contribution >= 0.6 is 11.6 Å². The standard InChI is InChI=1S/C16H15ClF2O2/c1-10(21-13-6-3-5-12(17)9-13)15(20)8-11-4-2-7-14(18)16(11)19/h2-7,9-10,15,20H,8H2,1H3. The molecule has 0 saturated heterocycles. The van der Waals surface area contributed by atoms with Gasteiger partial charge in [-0.05, 0) is 36.8 Å². The Labute approximate surface area is 126 Å². The van der Waals surface area contributed by atoms with Crippen LogP contribution in [0, 0.1) is 11.6 Å². The summed E-state index contributed by atoms with van der Waals surface area (Å²) in [4.78, 5) is 0. The molecule has 0 saturated carbocycles. The average Bonchev–Trinajstić information content (AvgIpc) is 2.44. The summed E-state index contributed by atoms with van der Waals surface area (Å²) in [5.74, 6) is -1.36. The van der Waals surface area contributed by atoms with Gasteiger partial charge in [0.2, 0.25) is 0 Å². The number of rotatable bonds is 5. The fourth-order valence-corrected chi connectivity index (χ4v) is 2.11. The highest BCUT2D eigenvalue weighted by Gasteiger charge is 2.19. The van der Waals surface area contributed by atoms with Gasteiger partial charge in [-0.2, -0.15) is 0 Å². The van der Waals surface area contributed by atoms with E-state index < -0.39 is 23.8 Å². The summed E-state index contributed by atoms with van der Waals surface area (Å²) in [5.41, 5.74) is 0.115. The molecule has 0 aliphatic carbocycles. The summed E-state index contributed by atoms with van der Waals surface area (Å²) in [7, 11) is 0. The first-order chi connectivity index (χ1) is 9.97. The van der Waals surface area contributed by atoms with Crippen molar-refractivity contribution in [1.29, 1.82) is 0 Å². The second kappa shape index (κ2) is 6.87. The van der Waals surface area contributed by atoms with E-state index in [1.54, 1.807) is 31.2 Å². The molecule has 2 aromatic carbocycles. The highest BCUT2D eigenvalue weighted by atomic mass is 35.5. The lowest BCUT2D eigenvalue weighted by Gasteiger charge is -2.21. The molecule has 0 fully saturated rings. The van der Waals surface area contributed by atoms with E-state index >= 15 is 0 Å². The lowest BCUT2D eigenvalue weighted by atomic mass is 10.0. The van der Waals surface area contributed by atoms with Crippen LogP contribution in [0.25, 0.3) is 0 Å². The number of aliphatic hydroxyl groups is 1. The van der Waals surface area contributed by atoms with Crippen LogP contribution in [0.1, 0.15) is 12.5 Å². The summed E-state index contributed by atoms with van der Waals surface area (Å²) >= 11 is 5.84. The van der Waals surface area contributed by atoms with E-state index in [9.17, 15) is 13.9 Å². The van der Waals surface area contributed by atoms with Gasteiger partial charge in [-0.25, -0.2) is 8.78 Å². The minimum absolute atomic E-state index is 0.0364. The van der Waals surface area contributed by atoms with Gasteiger partial charge >= 0.3 is 0 Å². The molecule has 0 bridgehead atoms. The minimum atomic E-state index is -0.972. The maximum atomic E-state index is 13.6. The Kier molecular flexibility index (Phi) is 5.15. The quantitative estimate of drug-likeness (QED) is 0.904. The van der Waals surface area contributed by atoms with E-state index in [0.717, 1.165) is 6.07 Å². The van der Waals surface area contributed by atoms with Crippen molar-refractivity contribution in [3.8, 4) is 5.75 Å². The summed E-state index contributed by atoms with van der Waals surface area (Å²) in [6.07, 6.45) is -1.60. The molecule has 0 aliphatic heterocycles. The molecule has 2 nitrogen and oxygen atoms in total. The molecular weight excluding hydrogens is 298 g/mol. The van der Waals surface area contributed by atoms with Crippen molar-refractivity contribution in [2.24, 2.45) is 0 Å². The van der Waals surface area contributed by atoms with Gasteiger partial charge in [0.25, 0.3) is 0 Å². The fraction of sp³-hybridized carbons (Fsp3) is 0.250. The first-order valence-electron chi connectivity index (χ1n) is 6.50. The molecule has 21 heavy (non-hydrogen) atoms. The topological polar surface area (TPSA) is 29.5 Å². The third-order valence-corrected chi connectivity index (χ3v) is 3.36. The molecule has 0 heterocycles. The van der Waals surface area contributed by atoms with Gasteiger partial charge in [0, 0.05) is 11.4 Å². The van der Waals surface area contributed by atoms with Crippen molar-refractivity contribution in [2.75, 3.05) is 0 Å². The van der Waals surface area contributed by atoms with Gasteiger partial charge in [0.05, 0.1) is 6.10 Å². The minimum Gasteiger partial charge on any atom is -0.488 e. The van der Waals surface area contributed by atoms with Gasteiger partial charge in [-0.15, -0.1) is 0 Å². The molecule has 2 rings (SSSR count). The number of aliphatic hydroxyl groups excluding tert-OH is 1. The summed E-state index contributed by atoms with van der Waals surface area (Å²) < 4.78 is 32.2. The van der Waals surface area contributed by atoms with E-state index in [1.807, 2.05) is 0 Å². The number of halogens is 3. The van der Waals surface area contributed by atoms with Crippen molar-refractivity contribution in [1.82, 2.24) is 0 Å². The first-order valence-corrected chi connectivity index (χ1v) is 6.88. The van der Waals surface area contributed by atoms with Crippen LogP contribution < -0.4 is 4.74 Å². The Hall–Kier alpha value is -1.65. The van der Waals surface area contributed by atoms with Crippen molar-refractivity contribution in [2.45, 2.75) is 25.6 Å². The van der Waals surface area contributed by atoms with E-state index in [4.69, 9.17) is 16.3 Å². The number of hydrogen-bond acceptors (Lipinski definition) is 2. The second-order valence-electron chi connectivity index (χ2n) is 4.76. The van der Waals surface area contributed by atoms with Crippen molar-refractivity contribution in [3.63, 3.8) is 0 Å².